The first-order valence-electron chi connectivity index (χ1n) is 21.6. The van der Waals surface area contributed by atoms with Gasteiger partial charge in [-0.05, 0) is 83.1 Å². The number of hydrogen-bond acceptors (Lipinski definition) is 10. The summed E-state index contributed by atoms with van der Waals surface area (Å²) in [5.74, 6) is -2.39. The van der Waals surface area contributed by atoms with E-state index in [1.165, 1.54) is 19.3 Å². The van der Waals surface area contributed by atoms with Crippen molar-refractivity contribution in [2.24, 2.45) is 5.73 Å². The van der Waals surface area contributed by atoms with Crippen molar-refractivity contribution in [1.82, 2.24) is 0 Å². The van der Waals surface area contributed by atoms with Crippen LogP contribution in [0.15, 0.2) is 85.1 Å². The van der Waals surface area contributed by atoms with Crippen LogP contribution in [0.1, 0.15) is 149 Å². The fraction of sp³-hybridized carbons (Fsp3) is 0.609. The van der Waals surface area contributed by atoms with E-state index >= 15 is 0 Å². The number of rotatable bonds is 39. The van der Waals surface area contributed by atoms with Gasteiger partial charge < -0.3 is 25.2 Å². The molecule has 0 aromatic carbocycles. The summed E-state index contributed by atoms with van der Waals surface area (Å²) in [4.78, 5) is 57.6. The lowest BCUT2D eigenvalue weighted by atomic mass is 10.1. The van der Waals surface area contributed by atoms with Gasteiger partial charge in [0, 0.05) is 19.3 Å². The van der Waals surface area contributed by atoms with Crippen molar-refractivity contribution < 1.29 is 52.3 Å². The average molecular weight is 848 g/mol. The van der Waals surface area contributed by atoms with Crippen molar-refractivity contribution >= 4 is 31.5 Å². The van der Waals surface area contributed by atoms with Gasteiger partial charge in [0.25, 0.3) is 0 Å². The maximum absolute atomic E-state index is 12.6. The van der Waals surface area contributed by atoms with Gasteiger partial charge in [-0.3, -0.25) is 28.2 Å². The molecular weight excluding hydrogens is 773 g/mol. The lowest BCUT2D eigenvalue weighted by Gasteiger charge is -2.20. The average Bonchev–Trinajstić information content (AvgIpc) is 3.20. The van der Waals surface area contributed by atoms with E-state index in [4.69, 9.17) is 24.8 Å². The van der Waals surface area contributed by atoms with Crippen molar-refractivity contribution in [2.45, 2.75) is 161 Å². The van der Waals surface area contributed by atoms with Crippen LogP contribution in [0, 0.1) is 0 Å². The summed E-state index contributed by atoms with van der Waals surface area (Å²) in [6.45, 7) is 2.50. The summed E-state index contributed by atoms with van der Waals surface area (Å²) in [6.07, 6.45) is 44.9. The lowest BCUT2D eigenvalue weighted by Crippen LogP contribution is -2.34. The summed E-state index contributed by atoms with van der Waals surface area (Å²) in [6, 6.07) is -1.55. The number of nitrogens with two attached hydrogens (primary N) is 1. The van der Waals surface area contributed by atoms with Gasteiger partial charge in [-0.25, -0.2) is 4.57 Å². The fourth-order valence-electron chi connectivity index (χ4n) is 5.13. The molecule has 1 unspecified atom stereocenters. The minimum Gasteiger partial charge on any atom is -0.480 e. The van der Waals surface area contributed by atoms with Crippen LogP contribution < -0.4 is 5.73 Å². The number of hydrogen-bond donors (Lipinski definition) is 3. The molecule has 334 valence electrons. The topological polar surface area (TPSA) is 189 Å². The molecule has 0 radical (unpaired) electrons. The van der Waals surface area contributed by atoms with Gasteiger partial charge in [-0.15, -0.1) is 0 Å². The van der Waals surface area contributed by atoms with Crippen molar-refractivity contribution in [3.8, 4) is 0 Å². The zero-order valence-corrected chi connectivity index (χ0v) is 36.7. The van der Waals surface area contributed by atoms with E-state index < -0.39 is 57.7 Å². The van der Waals surface area contributed by atoms with E-state index in [2.05, 4.69) is 54.8 Å². The largest absolute Gasteiger partial charge is 0.480 e. The predicted molar refractivity (Wildman–Crippen MR) is 235 cm³/mol. The molecule has 0 saturated carbocycles. The second-order valence-electron chi connectivity index (χ2n) is 14.2. The molecule has 0 fully saturated rings. The van der Waals surface area contributed by atoms with E-state index in [1.807, 2.05) is 36.5 Å². The molecule has 3 atom stereocenters. The number of carboxylic acids is 1. The summed E-state index contributed by atoms with van der Waals surface area (Å²) in [5, 5.41) is 8.88. The molecule has 13 heteroatoms. The molecule has 0 aromatic heterocycles. The van der Waals surface area contributed by atoms with Gasteiger partial charge in [0.05, 0.1) is 13.2 Å². The van der Waals surface area contributed by atoms with E-state index in [0.717, 1.165) is 77.0 Å². The van der Waals surface area contributed by atoms with Crippen LogP contribution in [0.25, 0.3) is 0 Å². The molecule has 0 bridgehead atoms. The van der Waals surface area contributed by atoms with Gasteiger partial charge >= 0.3 is 25.7 Å². The van der Waals surface area contributed by atoms with Crippen LogP contribution in [-0.4, -0.2) is 65.7 Å². The quantitative estimate of drug-likeness (QED) is 0.0133. The highest BCUT2D eigenvalue weighted by Gasteiger charge is 2.28. The maximum atomic E-state index is 12.6. The van der Waals surface area contributed by atoms with Crippen LogP contribution >= 0.6 is 7.82 Å². The molecule has 12 nitrogen and oxygen atoms in total. The van der Waals surface area contributed by atoms with Crippen LogP contribution in [0.3, 0.4) is 0 Å². The second-order valence-corrected chi connectivity index (χ2v) is 15.6. The number of ketones is 1. The SMILES string of the molecule is CCCCC/C=C\C/C=C\C/C=C\CCCCCCC(=O)OC[C@H](COP(=O)(O)OC[C@H](N)C(=O)O)OC(=O)CCC/C=C\C/C=C\C/C=C\C=C\C(=O)CCCCC. The number of carbonyl (C=O) groups is 4. The third-order valence-corrected chi connectivity index (χ3v) is 9.54. The molecule has 0 aromatic rings. The molecule has 0 aliphatic rings. The Hall–Kier alpha value is -3.67. The Morgan fingerprint density at radius 1 is 0.576 bits per heavy atom. The molecule has 0 amide bonds. The number of carboxylic acid groups (broad SMARTS) is 1. The summed E-state index contributed by atoms with van der Waals surface area (Å²) >= 11 is 0. The highest BCUT2D eigenvalue weighted by atomic mass is 31.2. The third-order valence-electron chi connectivity index (χ3n) is 8.59. The number of phosphoric ester groups is 1. The first-order valence-corrected chi connectivity index (χ1v) is 23.1. The fourth-order valence-corrected chi connectivity index (χ4v) is 5.91. The Morgan fingerprint density at radius 2 is 1.07 bits per heavy atom. The molecule has 0 aliphatic carbocycles. The van der Waals surface area contributed by atoms with Crippen LogP contribution in [0.5, 0.6) is 0 Å². The lowest BCUT2D eigenvalue weighted by molar-refractivity contribution is -0.161. The van der Waals surface area contributed by atoms with Crippen molar-refractivity contribution in [3.05, 3.63) is 85.1 Å². The van der Waals surface area contributed by atoms with E-state index in [1.54, 1.807) is 12.2 Å². The summed E-state index contributed by atoms with van der Waals surface area (Å²) in [5.41, 5.74) is 5.32. The molecule has 0 spiro atoms. The molecule has 0 rings (SSSR count). The Bertz CT molecular complexity index is 1380. The smallest absolute Gasteiger partial charge is 0.472 e. The number of unbranched alkanes of at least 4 members (excludes halogenated alkanes) is 10. The van der Waals surface area contributed by atoms with Gasteiger partial charge in [-0.1, -0.05) is 131 Å². The van der Waals surface area contributed by atoms with Crippen LogP contribution in [-0.2, 0) is 42.3 Å². The van der Waals surface area contributed by atoms with Gasteiger partial charge in [0.1, 0.15) is 12.6 Å². The minimum atomic E-state index is -4.76. The van der Waals surface area contributed by atoms with Crippen LogP contribution in [0.2, 0.25) is 0 Å². The number of ether oxygens (including phenoxy) is 2. The maximum Gasteiger partial charge on any atom is 0.472 e. The number of esters is 2. The Morgan fingerprint density at radius 3 is 1.68 bits per heavy atom. The zero-order chi connectivity index (χ0) is 43.7. The Balaban J connectivity index is 4.57. The highest BCUT2D eigenvalue weighted by Crippen LogP contribution is 2.43. The van der Waals surface area contributed by atoms with Crippen molar-refractivity contribution in [2.75, 3.05) is 19.8 Å². The molecule has 0 saturated heterocycles. The predicted octanol–water partition coefficient (Wildman–Crippen LogP) is 10.7. The molecule has 0 aliphatic heterocycles. The molecule has 0 heterocycles. The number of phosphoric acid groups is 1. The Labute approximate surface area is 354 Å². The van der Waals surface area contributed by atoms with E-state index in [-0.39, 0.29) is 18.6 Å². The first kappa shape index (κ1) is 55.3. The second kappa shape index (κ2) is 39.8. The Kier molecular flexibility index (Phi) is 37.3. The van der Waals surface area contributed by atoms with Gasteiger partial charge in [0.15, 0.2) is 11.9 Å². The van der Waals surface area contributed by atoms with Crippen molar-refractivity contribution in [3.63, 3.8) is 0 Å². The van der Waals surface area contributed by atoms with E-state index in [0.29, 0.717) is 25.7 Å². The number of allylic oxidation sites excluding steroid dienone is 14. The minimum absolute atomic E-state index is 0.0491. The molecular formula is C46H74NO11P. The normalized spacial score (nSPS) is 14.4. The number of aliphatic carboxylic acids is 1. The first-order chi connectivity index (χ1) is 28.5. The summed E-state index contributed by atoms with van der Waals surface area (Å²) < 4.78 is 32.6. The summed E-state index contributed by atoms with van der Waals surface area (Å²) in [7, 11) is -4.76. The third kappa shape index (κ3) is 39.6. The molecule has 4 N–H and O–H groups in total. The molecule has 59 heavy (non-hydrogen) atoms. The monoisotopic (exact) mass is 847 g/mol. The number of carbonyl (C=O) groups excluding carboxylic acids is 3. The van der Waals surface area contributed by atoms with Gasteiger partial charge in [0.2, 0.25) is 0 Å². The standard InChI is InChI=1S/C46H74NO11P/c1-3-5-7-8-9-10-11-12-13-14-15-16-19-22-25-28-32-36-44(49)55-38-42(39-56-59(53,54)57-40-43(47)46(51)52)58-45(50)37-33-29-26-23-20-17-18-21-24-27-31-35-41(48)34-30-6-4-2/h9-10,12-13,15-18,23-24,26-27,31,35,42-43H,3-8,11,14,19-22,25,28-30,32-34,36-40,47H2,1-2H3,(H,51,52)(H,53,54)/b10-9-,13-12-,16-15-,18-17-,26-23-,27-24-,35-31+/t42-,43+/m1/s1. The van der Waals surface area contributed by atoms with Crippen molar-refractivity contribution in [1.29, 1.82) is 0 Å². The highest BCUT2D eigenvalue weighted by molar-refractivity contribution is 7.47. The van der Waals surface area contributed by atoms with E-state index in [9.17, 15) is 28.6 Å². The van der Waals surface area contributed by atoms with Crippen LogP contribution in [0.4, 0.5) is 0 Å². The zero-order valence-electron chi connectivity index (χ0n) is 35.8. The van der Waals surface area contributed by atoms with Gasteiger partial charge in [-0.2, -0.15) is 0 Å².